The summed E-state index contributed by atoms with van der Waals surface area (Å²) in [4.78, 5) is 41.5. The summed E-state index contributed by atoms with van der Waals surface area (Å²) in [5.41, 5.74) is 3.10. The number of nitrogens with one attached hydrogen (secondary N) is 2. The zero-order valence-electron chi connectivity index (χ0n) is 23.5. The van der Waals surface area contributed by atoms with Gasteiger partial charge < -0.3 is 20.1 Å². The van der Waals surface area contributed by atoms with E-state index >= 15 is 0 Å². The highest BCUT2D eigenvalue weighted by Crippen LogP contribution is 2.41. The molecule has 2 N–H and O–H groups in total. The second-order valence-electron chi connectivity index (χ2n) is 11.2. The molecule has 7 nitrogen and oxygen atoms in total. The molecule has 0 saturated heterocycles. The van der Waals surface area contributed by atoms with E-state index in [0.29, 0.717) is 38.4 Å². The van der Waals surface area contributed by atoms with Crippen LogP contribution in [0.2, 0.25) is 0 Å². The maximum Gasteiger partial charge on any atom is 0.341 e. The van der Waals surface area contributed by atoms with Crippen molar-refractivity contribution in [2.45, 2.75) is 66.9 Å². The molecular formula is C30H36N2O5S2. The number of hydrogen-bond donors (Lipinski definition) is 2. The fourth-order valence-corrected chi connectivity index (χ4v) is 7.12. The largest absolute Gasteiger partial charge is 0.495 e. The van der Waals surface area contributed by atoms with E-state index in [9.17, 15) is 14.4 Å². The Hall–Kier alpha value is -3.17. The van der Waals surface area contributed by atoms with Gasteiger partial charge in [-0.3, -0.25) is 9.59 Å². The van der Waals surface area contributed by atoms with E-state index in [-0.39, 0.29) is 23.0 Å². The zero-order chi connectivity index (χ0) is 28.5. The summed E-state index contributed by atoms with van der Waals surface area (Å²) in [6.45, 7) is 12.0. The predicted molar refractivity (Wildman–Crippen MR) is 158 cm³/mol. The Labute approximate surface area is 237 Å². The van der Waals surface area contributed by atoms with E-state index in [1.165, 1.54) is 12.0 Å². The van der Waals surface area contributed by atoms with Gasteiger partial charge in [0.05, 0.1) is 34.9 Å². The molecule has 2 aromatic heterocycles. The Kier molecular flexibility index (Phi) is 8.51. The van der Waals surface area contributed by atoms with Crippen molar-refractivity contribution >= 4 is 51.1 Å². The molecule has 0 unspecified atom stereocenters. The molecule has 39 heavy (non-hydrogen) atoms. The minimum absolute atomic E-state index is 0.198. The van der Waals surface area contributed by atoms with Crippen LogP contribution in [0.5, 0.6) is 5.75 Å². The molecule has 1 aliphatic rings. The topological polar surface area (TPSA) is 93.7 Å². The van der Waals surface area contributed by atoms with Gasteiger partial charge in [0, 0.05) is 10.3 Å². The Bertz CT molecular complexity index is 1400. The maximum absolute atomic E-state index is 13.5. The lowest BCUT2D eigenvalue weighted by atomic mass is 9.72. The van der Waals surface area contributed by atoms with Crippen LogP contribution in [0.15, 0.2) is 29.6 Å². The van der Waals surface area contributed by atoms with Gasteiger partial charge in [-0.2, -0.15) is 0 Å². The van der Waals surface area contributed by atoms with Crippen molar-refractivity contribution in [3.63, 3.8) is 0 Å². The summed E-state index contributed by atoms with van der Waals surface area (Å²) in [6, 6.07) is 7.09. The summed E-state index contributed by atoms with van der Waals surface area (Å²) < 4.78 is 10.8. The number of carbonyl (C=O) groups is 3. The molecule has 0 fully saturated rings. The Morgan fingerprint density at radius 2 is 1.79 bits per heavy atom. The van der Waals surface area contributed by atoms with Crippen LogP contribution in [0.1, 0.15) is 87.4 Å². The van der Waals surface area contributed by atoms with Crippen LogP contribution in [0.3, 0.4) is 0 Å². The van der Waals surface area contributed by atoms with E-state index in [0.717, 1.165) is 36.2 Å². The third-order valence-electron chi connectivity index (χ3n) is 7.11. The van der Waals surface area contributed by atoms with E-state index in [4.69, 9.17) is 9.47 Å². The number of esters is 1. The van der Waals surface area contributed by atoms with Crippen molar-refractivity contribution in [3.05, 3.63) is 61.7 Å². The number of amides is 2. The number of para-hydroxylation sites is 2. The van der Waals surface area contributed by atoms with Gasteiger partial charge in [0.15, 0.2) is 0 Å². The molecular weight excluding hydrogens is 532 g/mol. The molecule has 9 heteroatoms. The van der Waals surface area contributed by atoms with Crippen LogP contribution in [0, 0.1) is 18.3 Å². The monoisotopic (exact) mass is 568 g/mol. The van der Waals surface area contributed by atoms with E-state index in [1.54, 1.807) is 50.3 Å². The molecule has 0 bridgehead atoms. The number of benzene rings is 1. The standard InChI is InChI=1S/C30H36N2O5S2/c1-16(2)37-29(35)24-17(3)25(27(34)31-21-10-8-9-11-22(21)36-7)39-28(24)32-26(33)20-15-38-23-14-18(30(4,5)6)12-13-19(20)23/h8-11,15-16,18H,12-14H2,1-7H3,(H,31,34)(H,32,33)/t18-/m1/s1. The van der Waals surface area contributed by atoms with Crippen molar-refractivity contribution in [2.24, 2.45) is 11.3 Å². The van der Waals surface area contributed by atoms with Gasteiger partial charge in [-0.15, -0.1) is 22.7 Å². The molecule has 2 heterocycles. The van der Waals surface area contributed by atoms with Gasteiger partial charge in [-0.05, 0) is 74.6 Å². The first-order valence-corrected chi connectivity index (χ1v) is 14.8. The molecule has 1 aliphatic carbocycles. The van der Waals surface area contributed by atoms with Gasteiger partial charge in [0.25, 0.3) is 11.8 Å². The van der Waals surface area contributed by atoms with Gasteiger partial charge in [-0.1, -0.05) is 32.9 Å². The van der Waals surface area contributed by atoms with E-state index < -0.39 is 11.9 Å². The van der Waals surface area contributed by atoms with E-state index in [2.05, 4.69) is 31.4 Å². The van der Waals surface area contributed by atoms with Gasteiger partial charge >= 0.3 is 5.97 Å². The number of rotatable bonds is 7. The Morgan fingerprint density at radius 1 is 1.08 bits per heavy atom. The highest BCUT2D eigenvalue weighted by molar-refractivity contribution is 7.19. The minimum Gasteiger partial charge on any atom is -0.495 e. The van der Waals surface area contributed by atoms with Gasteiger partial charge in [-0.25, -0.2) is 4.79 Å². The zero-order valence-corrected chi connectivity index (χ0v) is 25.2. The molecule has 2 amide bonds. The average molecular weight is 569 g/mol. The lowest BCUT2D eigenvalue weighted by Crippen LogP contribution is -2.27. The van der Waals surface area contributed by atoms with Crippen molar-refractivity contribution in [1.29, 1.82) is 0 Å². The minimum atomic E-state index is -0.578. The first kappa shape index (κ1) is 28.8. The quantitative estimate of drug-likeness (QED) is 0.291. The second-order valence-corrected chi connectivity index (χ2v) is 13.2. The highest BCUT2D eigenvalue weighted by atomic mass is 32.1. The number of fused-ring (bicyclic) bond motifs is 1. The highest BCUT2D eigenvalue weighted by Gasteiger charge is 2.33. The molecule has 1 aromatic carbocycles. The van der Waals surface area contributed by atoms with Crippen molar-refractivity contribution in [2.75, 3.05) is 17.7 Å². The summed E-state index contributed by atoms with van der Waals surface area (Å²) in [7, 11) is 1.53. The van der Waals surface area contributed by atoms with Crippen LogP contribution in [0.25, 0.3) is 0 Å². The van der Waals surface area contributed by atoms with Gasteiger partial charge in [0.2, 0.25) is 0 Å². The fourth-order valence-electron chi connectivity index (χ4n) is 4.88. The second kappa shape index (κ2) is 11.5. The average Bonchev–Trinajstić information content (AvgIpc) is 3.43. The predicted octanol–water partition coefficient (Wildman–Crippen LogP) is 7.35. The lowest BCUT2D eigenvalue weighted by molar-refractivity contribution is 0.0379. The lowest BCUT2D eigenvalue weighted by Gasteiger charge is -2.34. The third-order valence-corrected chi connectivity index (χ3v) is 9.36. The van der Waals surface area contributed by atoms with Crippen molar-refractivity contribution in [3.8, 4) is 5.75 Å². The summed E-state index contributed by atoms with van der Waals surface area (Å²) in [5, 5.41) is 8.01. The number of methoxy groups -OCH3 is 1. The molecule has 3 aromatic rings. The van der Waals surface area contributed by atoms with Crippen molar-refractivity contribution in [1.82, 2.24) is 0 Å². The SMILES string of the molecule is COc1ccccc1NC(=O)c1sc(NC(=O)c2csc3c2CC[C@@H](C(C)(C)C)C3)c(C(=O)OC(C)C)c1C. The molecule has 0 aliphatic heterocycles. The van der Waals surface area contributed by atoms with Gasteiger partial charge in [0.1, 0.15) is 10.8 Å². The van der Waals surface area contributed by atoms with Crippen LogP contribution in [-0.4, -0.2) is 31.0 Å². The number of hydrogen-bond acceptors (Lipinski definition) is 7. The molecule has 0 saturated carbocycles. The number of carbonyl (C=O) groups excluding carboxylic acids is 3. The normalized spacial score (nSPS) is 15.0. The van der Waals surface area contributed by atoms with Crippen molar-refractivity contribution < 1.29 is 23.9 Å². The number of thiophene rings is 2. The van der Waals surface area contributed by atoms with Crippen LogP contribution in [0.4, 0.5) is 10.7 Å². The van der Waals surface area contributed by atoms with E-state index in [1.807, 2.05) is 11.4 Å². The number of ether oxygens (including phenoxy) is 2. The summed E-state index contributed by atoms with van der Waals surface area (Å²) in [5.74, 6) is -0.170. The maximum atomic E-state index is 13.5. The number of anilines is 2. The molecule has 0 spiro atoms. The third kappa shape index (κ3) is 6.20. The molecule has 4 rings (SSSR count). The summed E-state index contributed by atoms with van der Waals surface area (Å²) in [6.07, 6.45) is 2.49. The van der Waals surface area contributed by atoms with Crippen LogP contribution >= 0.6 is 22.7 Å². The van der Waals surface area contributed by atoms with Crippen LogP contribution in [-0.2, 0) is 17.6 Å². The van der Waals surface area contributed by atoms with Crippen LogP contribution < -0.4 is 15.4 Å². The fraction of sp³-hybridized carbons (Fsp3) is 0.433. The molecule has 1 atom stereocenters. The Morgan fingerprint density at radius 3 is 2.46 bits per heavy atom. The smallest absolute Gasteiger partial charge is 0.341 e. The molecule has 208 valence electrons. The Balaban J connectivity index is 1.64. The molecule has 0 radical (unpaired) electrons. The summed E-state index contributed by atoms with van der Waals surface area (Å²) >= 11 is 2.69. The first-order chi connectivity index (χ1) is 18.4. The first-order valence-electron chi connectivity index (χ1n) is 13.1.